The van der Waals surface area contributed by atoms with Gasteiger partial charge in [0.2, 0.25) is 0 Å². The van der Waals surface area contributed by atoms with Crippen LogP contribution in [0.1, 0.15) is 39.9 Å². The summed E-state index contributed by atoms with van der Waals surface area (Å²) in [6, 6.07) is 3.70. The van der Waals surface area contributed by atoms with Crippen molar-refractivity contribution in [2.24, 2.45) is 0 Å². The Morgan fingerprint density at radius 2 is 2.35 bits per heavy atom. The zero-order valence-electron chi connectivity index (χ0n) is 12.8. The molecule has 7 heteroatoms. The summed E-state index contributed by atoms with van der Waals surface area (Å²) in [4.78, 5) is 13.5. The average Bonchev–Trinajstić information content (AvgIpc) is 3.22. The number of fused-ring (bicyclic) bond motifs is 1. The molecule has 0 spiro atoms. The van der Waals surface area contributed by atoms with E-state index in [4.69, 9.17) is 21.4 Å². The molecule has 0 amide bonds. The lowest BCUT2D eigenvalue weighted by Gasteiger charge is -2.10. The zero-order chi connectivity index (χ0) is 16.2. The molecule has 0 aliphatic heterocycles. The van der Waals surface area contributed by atoms with Crippen molar-refractivity contribution in [3.8, 4) is 0 Å². The van der Waals surface area contributed by atoms with Crippen molar-refractivity contribution in [3.05, 3.63) is 40.2 Å². The molecule has 0 fully saturated rings. The summed E-state index contributed by atoms with van der Waals surface area (Å²) in [7, 11) is 0. The third kappa shape index (κ3) is 3.56. The van der Waals surface area contributed by atoms with Crippen molar-refractivity contribution in [3.63, 3.8) is 0 Å². The molecule has 2 aromatic heterocycles. The first kappa shape index (κ1) is 16.0. The summed E-state index contributed by atoms with van der Waals surface area (Å²) in [5.74, 6) is 0.525. The number of aryl methyl sites for hydroxylation is 1. The molecule has 0 unspecified atom stereocenters. The molecule has 2 heterocycles. The fourth-order valence-corrected chi connectivity index (χ4v) is 4.16. The van der Waals surface area contributed by atoms with E-state index in [9.17, 15) is 4.79 Å². The number of carbonyl (C=O) groups is 1. The SMILES string of the molecule is CCOC(=O)c1c(NC(=S)NCc2ccco2)sc2c1CCC2. The van der Waals surface area contributed by atoms with Gasteiger partial charge in [-0.1, -0.05) is 0 Å². The number of hydrogen-bond donors (Lipinski definition) is 2. The van der Waals surface area contributed by atoms with E-state index in [1.165, 1.54) is 4.88 Å². The predicted octanol–water partition coefficient (Wildman–Crippen LogP) is 3.49. The molecular weight excluding hydrogens is 332 g/mol. The van der Waals surface area contributed by atoms with E-state index >= 15 is 0 Å². The first-order chi connectivity index (χ1) is 11.2. The van der Waals surface area contributed by atoms with Crippen molar-refractivity contribution in [1.82, 2.24) is 5.32 Å². The van der Waals surface area contributed by atoms with Crippen LogP contribution in [-0.2, 0) is 24.1 Å². The average molecular weight is 350 g/mol. The standard InChI is InChI=1S/C16H18N2O3S2/c1-2-20-15(19)13-11-6-3-7-12(11)23-14(13)18-16(22)17-9-10-5-4-8-21-10/h4-5,8H,2-3,6-7,9H2,1H3,(H2,17,18,22). The van der Waals surface area contributed by atoms with Gasteiger partial charge in [0.15, 0.2) is 5.11 Å². The van der Waals surface area contributed by atoms with Crippen molar-refractivity contribution in [1.29, 1.82) is 0 Å². The van der Waals surface area contributed by atoms with E-state index < -0.39 is 0 Å². The second kappa shape index (κ2) is 7.14. The quantitative estimate of drug-likeness (QED) is 0.636. The summed E-state index contributed by atoms with van der Waals surface area (Å²) in [5.41, 5.74) is 1.76. The topological polar surface area (TPSA) is 63.5 Å². The molecule has 1 aliphatic rings. The number of esters is 1. The third-order valence-electron chi connectivity index (χ3n) is 3.63. The van der Waals surface area contributed by atoms with E-state index in [0.717, 1.165) is 35.6 Å². The fourth-order valence-electron chi connectivity index (χ4n) is 2.64. The molecule has 0 saturated heterocycles. The third-order valence-corrected chi connectivity index (χ3v) is 5.08. The summed E-state index contributed by atoms with van der Waals surface area (Å²) < 4.78 is 10.5. The lowest BCUT2D eigenvalue weighted by molar-refractivity contribution is 0.0527. The number of furan rings is 1. The Hall–Kier alpha value is -1.86. The van der Waals surface area contributed by atoms with Crippen molar-refractivity contribution in [2.45, 2.75) is 32.7 Å². The number of rotatable bonds is 5. The van der Waals surface area contributed by atoms with Crippen LogP contribution < -0.4 is 10.6 Å². The van der Waals surface area contributed by atoms with Gasteiger partial charge in [-0.25, -0.2) is 4.79 Å². The summed E-state index contributed by atoms with van der Waals surface area (Å²) in [6.07, 6.45) is 4.65. The molecule has 1 aliphatic carbocycles. The Morgan fingerprint density at radius 1 is 1.48 bits per heavy atom. The monoisotopic (exact) mass is 350 g/mol. The smallest absolute Gasteiger partial charge is 0.341 e. The molecule has 0 radical (unpaired) electrons. The second-order valence-corrected chi connectivity index (χ2v) is 6.68. The number of hydrogen-bond acceptors (Lipinski definition) is 5. The minimum absolute atomic E-state index is 0.275. The van der Waals surface area contributed by atoms with Crippen LogP contribution >= 0.6 is 23.6 Å². The van der Waals surface area contributed by atoms with Gasteiger partial charge in [-0.15, -0.1) is 11.3 Å². The molecule has 2 aromatic rings. The van der Waals surface area contributed by atoms with Gasteiger partial charge in [0, 0.05) is 4.88 Å². The summed E-state index contributed by atoms with van der Waals surface area (Å²) >= 11 is 6.91. The van der Waals surface area contributed by atoms with Gasteiger partial charge >= 0.3 is 5.97 Å². The Balaban J connectivity index is 1.71. The van der Waals surface area contributed by atoms with Crippen LogP contribution in [0.4, 0.5) is 5.00 Å². The Bertz CT molecular complexity index is 707. The molecule has 23 heavy (non-hydrogen) atoms. The van der Waals surface area contributed by atoms with Gasteiger partial charge in [0.05, 0.1) is 25.0 Å². The zero-order valence-corrected chi connectivity index (χ0v) is 14.4. The predicted molar refractivity (Wildman–Crippen MR) is 94.1 cm³/mol. The molecule has 122 valence electrons. The highest BCUT2D eigenvalue weighted by Gasteiger charge is 2.27. The van der Waals surface area contributed by atoms with Gasteiger partial charge in [-0.05, 0) is 56.1 Å². The highest BCUT2D eigenvalue weighted by atomic mass is 32.1. The van der Waals surface area contributed by atoms with Crippen LogP contribution in [0.2, 0.25) is 0 Å². The van der Waals surface area contributed by atoms with Gasteiger partial charge < -0.3 is 19.8 Å². The lowest BCUT2D eigenvalue weighted by atomic mass is 10.1. The maximum atomic E-state index is 12.3. The first-order valence-corrected chi connectivity index (χ1v) is 8.80. The van der Waals surface area contributed by atoms with E-state index in [2.05, 4.69) is 10.6 Å². The van der Waals surface area contributed by atoms with Gasteiger partial charge in [-0.3, -0.25) is 0 Å². The summed E-state index contributed by atoms with van der Waals surface area (Å²) in [6.45, 7) is 2.68. The molecule has 0 saturated carbocycles. The number of nitrogens with one attached hydrogen (secondary N) is 2. The second-order valence-electron chi connectivity index (χ2n) is 5.17. The van der Waals surface area contributed by atoms with E-state index in [-0.39, 0.29) is 5.97 Å². The van der Waals surface area contributed by atoms with Crippen molar-refractivity contribution < 1.29 is 13.9 Å². The van der Waals surface area contributed by atoms with E-state index in [1.54, 1.807) is 17.6 Å². The Labute approximate surface area is 144 Å². The highest BCUT2D eigenvalue weighted by Crippen LogP contribution is 2.39. The first-order valence-electron chi connectivity index (χ1n) is 7.58. The maximum Gasteiger partial charge on any atom is 0.341 e. The molecule has 3 rings (SSSR count). The van der Waals surface area contributed by atoms with Crippen LogP contribution in [0.15, 0.2) is 22.8 Å². The number of anilines is 1. The van der Waals surface area contributed by atoms with E-state index in [0.29, 0.717) is 23.8 Å². The maximum absolute atomic E-state index is 12.3. The molecular formula is C16H18N2O3S2. The molecule has 0 aromatic carbocycles. The van der Waals surface area contributed by atoms with Gasteiger partial charge in [-0.2, -0.15) is 0 Å². The minimum Gasteiger partial charge on any atom is -0.467 e. The van der Waals surface area contributed by atoms with Crippen LogP contribution in [0.5, 0.6) is 0 Å². The Kier molecular flexibility index (Phi) is 4.97. The van der Waals surface area contributed by atoms with Gasteiger partial charge in [0.1, 0.15) is 10.8 Å². The number of thiocarbonyl (C=S) groups is 1. The van der Waals surface area contributed by atoms with Crippen molar-refractivity contribution in [2.75, 3.05) is 11.9 Å². The molecule has 5 nitrogen and oxygen atoms in total. The normalized spacial score (nSPS) is 12.7. The Morgan fingerprint density at radius 3 is 3.09 bits per heavy atom. The van der Waals surface area contributed by atoms with Crippen LogP contribution in [0.3, 0.4) is 0 Å². The minimum atomic E-state index is -0.275. The molecule has 2 N–H and O–H groups in total. The lowest BCUT2D eigenvalue weighted by Crippen LogP contribution is -2.28. The van der Waals surface area contributed by atoms with Crippen LogP contribution in [0.25, 0.3) is 0 Å². The molecule has 0 atom stereocenters. The largest absolute Gasteiger partial charge is 0.467 e. The number of carbonyl (C=O) groups excluding carboxylic acids is 1. The van der Waals surface area contributed by atoms with Crippen molar-refractivity contribution >= 4 is 39.6 Å². The molecule has 0 bridgehead atoms. The highest BCUT2D eigenvalue weighted by molar-refractivity contribution is 7.80. The van der Waals surface area contributed by atoms with Gasteiger partial charge in [0.25, 0.3) is 0 Å². The summed E-state index contributed by atoms with van der Waals surface area (Å²) in [5, 5.41) is 7.45. The van der Waals surface area contributed by atoms with Crippen LogP contribution in [-0.4, -0.2) is 17.7 Å². The van der Waals surface area contributed by atoms with Crippen LogP contribution in [0, 0.1) is 0 Å². The number of thiophene rings is 1. The van der Waals surface area contributed by atoms with E-state index in [1.807, 2.05) is 19.1 Å². The fraction of sp³-hybridized carbons (Fsp3) is 0.375. The number of ether oxygens (including phenoxy) is 1.